The average Bonchev–Trinajstić information content (AvgIpc) is 1.00. The molecule has 6 heavy (non-hydrogen) atoms. The Morgan fingerprint density at radius 2 is 0.833 bits per heavy atom. The Balaban J connectivity index is -0.000000000833. The smallest absolute Gasteiger partial charge is 0 e. The molecule has 0 spiro atoms. The van der Waals surface area contributed by atoms with E-state index in [0.29, 0.717) is 0 Å². The van der Waals surface area contributed by atoms with Gasteiger partial charge in [0.25, 0.3) is 0 Å². The number of hydrogen-bond acceptors (Lipinski definition) is 1. The first-order valence-electron chi connectivity index (χ1n) is 0.183. The van der Waals surface area contributed by atoms with E-state index in [4.69, 9.17) is 2.81 Å². The molecule has 0 aliphatic rings. The van der Waals surface area contributed by atoms with Gasteiger partial charge < -0.3 is 16.4 Å². The normalized spacial score (nSPS) is 0.667. The van der Waals surface area contributed by atoms with Crippen LogP contribution in [0, 0.1) is 0 Å². The summed E-state index contributed by atoms with van der Waals surface area (Å²) in [7, 11) is 0. The zero-order valence-corrected chi connectivity index (χ0v) is 7.40. The van der Waals surface area contributed by atoms with Crippen molar-refractivity contribution < 1.29 is 37.8 Å². The molecule has 0 aromatic heterocycles. The van der Waals surface area contributed by atoms with Crippen LogP contribution in [0.25, 0.3) is 0 Å². The van der Waals surface area contributed by atoms with Crippen molar-refractivity contribution in [3.8, 4) is 0 Å². The second-order valence-electron chi connectivity index (χ2n) is 0. The molecule has 0 aliphatic carbocycles. The molecule has 0 aromatic carbocycles. The molecule has 0 saturated heterocycles. The van der Waals surface area contributed by atoms with Crippen molar-refractivity contribution in [2.24, 2.45) is 0 Å². The fourth-order valence-electron chi connectivity index (χ4n) is 0. The van der Waals surface area contributed by atoms with E-state index in [0.717, 1.165) is 0 Å². The standard InChI is InChI=1S/Bi.4O.V/q+1;;3*-2;. The fourth-order valence-corrected chi connectivity index (χ4v) is 0. The molecule has 0 saturated carbocycles. The summed E-state index contributed by atoms with van der Waals surface area (Å²) in [4.78, 5) is 0. The topological polar surface area (TPSA) is 103 Å². The van der Waals surface area contributed by atoms with Crippen LogP contribution in [-0.4, -0.2) is 24.7 Å². The first-order chi connectivity index (χ1) is 1.00. The van der Waals surface area contributed by atoms with Crippen molar-refractivity contribution in [2.45, 2.75) is 0 Å². The number of rotatable bonds is 0. The second kappa shape index (κ2) is 124. The van der Waals surface area contributed by atoms with Gasteiger partial charge in [-0.15, -0.1) is 0 Å². The SMILES string of the molecule is [O-2].[O-2].[O-2].[O]=[Bi+].[V]. The van der Waals surface area contributed by atoms with Crippen molar-refractivity contribution in [1.29, 1.82) is 0 Å². The third kappa shape index (κ3) is 67.2. The minimum atomic E-state index is 0. The van der Waals surface area contributed by atoms with Gasteiger partial charge in [0.15, 0.2) is 0 Å². The molecule has 0 aliphatic heterocycles. The molecule has 4 nitrogen and oxygen atoms in total. The summed E-state index contributed by atoms with van der Waals surface area (Å²) in [6, 6.07) is 0. The first-order valence-corrected chi connectivity index (χ1v) is 1.60. The fraction of sp³-hybridized carbons (Fsp3) is 0. The maximum absolute atomic E-state index is 8.36. The van der Waals surface area contributed by atoms with Gasteiger partial charge in [-0.1, -0.05) is 0 Å². The van der Waals surface area contributed by atoms with Crippen molar-refractivity contribution >= 4 is 24.7 Å². The second-order valence-corrected chi connectivity index (χ2v) is 0. The third-order valence-corrected chi connectivity index (χ3v) is 0. The van der Waals surface area contributed by atoms with E-state index >= 15 is 0 Å². The van der Waals surface area contributed by atoms with Gasteiger partial charge in [-0.2, -0.15) is 0 Å². The van der Waals surface area contributed by atoms with Crippen LogP contribution in [0.4, 0.5) is 0 Å². The molecule has 0 bridgehead atoms. The average molecular weight is 324 g/mol. The Bertz CT molecular complexity index is 7.51. The third-order valence-electron chi connectivity index (χ3n) is 0. The van der Waals surface area contributed by atoms with Crippen molar-refractivity contribution in [2.75, 3.05) is 0 Å². The molecule has 39 valence electrons. The number of hydrogen-bond donors (Lipinski definition) is 0. The Morgan fingerprint density at radius 3 is 0.833 bits per heavy atom. The maximum Gasteiger partial charge on any atom is 0 e. The maximum atomic E-state index is 8.36. The van der Waals surface area contributed by atoms with Gasteiger partial charge in [0, 0.05) is 18.6 Å². The summed E-state index contributed by atoms with van der Waals surface area (Å²) in [5.41, 5.74) is 0. The minimum absolute atomic E-state index is 0. The molecule has 0 unspecified atom stereocenters. The molecule has 0 amide bonds. The van der Waals surface area contributed by atoms with E-state index in [1.165, 1.54) is 0 Å². The van der Waals surface area contributed by atoms with Crippen LogP contribution in [0.1, 0.15) is 0 Å². The zero-order valence-electron chi connectivity index (χ0n) is 2.53. The zero-order chi connectivity index (χ0) is 2.00. The van der Waals surface area contributed by atoms with Gasteiger partial charge in [-0.3, -0.25) is 0 Å². The summed E-state index contributed by atoms with van der Waals surface area (Å²) in [6.07, 6.45) is 0. The van der Waals surface area contributed by atoms with Crippen LogP contribution in [0.2, 0.25) is 0 Å². The molecule has 0 rings (SSSR count). The largest absolute Gasteiger partial charge is 0 e. The summed E-state index contributed by atoms with van der Waals surface area (Å²) in [6.45, 7) is 0. The van der Waals surface area contributed by atoms with Gasteiger partial charge in [0.2, 0.25) is 0 Å². The first kappa shape index (κ1) is 58.6. The molecule has 0 atom stereocenters. The van der Waals surface area contributed by atoms with E-state index in [2.05, 4.69) is 0 Å². The van der Waals surface area contributed by atoms with Crippen LogP contribution < -0.4 is 0 Å². The van der Waals surface area contributed by atoms with E-state index in [1.54, 1.807) is 0 Å². The van der Waals surface area contributed by atoms with E-state index < -0.39 is 0 Å². The molecule has 0 fully saturated rings. The van der Waals surface area contributed by atoms with Crippen LogP contribution in [0.5, 0.6) is 0 Å². The van der Waals surface area contributed by atoms with Gasteiger partial charge in [0.05, 0.1) is 0 Å². The van der Waals surface area contributed by atoms with Crippen molar-refractivity contribution in [3.63, 3.8) is 0 Å². The molecule has 0 heterocycles. The van der Waals surface area contributed by atoms with Crippen LogP contribution in [-0.2, 0) is 37.8 Å². The minimum Gasteiger partial charge on any atom is 0 e. The summed E-state index contributed by atoms with van der Waals surface area (Å²) in [5, 5.41) is 0. The van der Waals surface area contributed by atoms with E-state index in [9.17, 15) is 0 Å². The van der Waals surface area contributed by atoms with Crippen LogP contribution in [0.3, 0.4) is 0 Å². The molecule has 0 aromatic rings. The van der Waals surface area contributed by atoms with Crippen molar-refractivity contribution in [1.82, 2.24) is 0 Å². The van der Waals surface area contributed by atoms with Gasteiger partial charge in [-0.25, -0.2) is 0 Å². The predicted molar refractivity (Wildman–Crippen MR) is 8.50 cm³/mol. The Kier molecular flexibility index (Phi) is 1210. The summed E-state index contributed by atoms with van der Waals surface area (Å²) < 4.78 is 8.36. The van der Waals surface area contributed by atoms with Crippen LogP contribution in [0.15, 0.2) is 0 Å². The van der Waals surface area contributed by atoms with E-state index in [1.807, 2.05) is 0 Å². The van der Waals surface area contributed by atoms with Crippen LogP contribution >= 0.6 is 0 Å². The predicted octanol–water partition coefficient (Wildman–Crippen LogP) is -0.859. The quantitative estimate of drug-likeness (QED) is 0.532. The van der Waals surface area contributed by atoms with Gasteiger partial charge in [-0.05, 0) is 0 Å². The molecule has 0 N–H and O–H groups in total. The Hall–Kier alpha value is 1.15. The van der Waals surface area contributed by atoms with Crippen molar-refractivity contribution in [3.05, 3.63) is 0 Å². The summed E-state index contributed by atoms with van der Waals surface area (Å²) in [5.74, 6) is 0. The molecular weight excluding hydrogens is 324 g/mol. The Labute approximate surface area is 62.4 Å². The van der Waals surface area contributed by atoms with Gasteiger partial charge >= 0.3 is 27.5 Å². The monoisotopic (exact) mass is 324 g/mol. The molecule has 3 radical (unpaired) electrons. The Morgan fingerprint density at radius 1 is 0.833 bits per heavy atom. The van der Waals surface area contributed by atoms with E-state index in [-0.39, 0.29) is 59.7 Å². The van der Waals surface area contributed by atoms with Gasteiger partial charge in [0.1, 0.15) is 0 Å². The molecular formula is BiO4V-5. The molecule has 6 heteroatoms. The summed E-state index contributed by atoms with van der Waals surface area (Å²) >= 11 is 0.194.